The van der Waals surface area contributed by atoms with Crippen LogP contribution in [0.4, 0.5) is 0 Å². The van der Waals surface area contributed by atoms with Crippen LogP contribution in [0, 0.1) is 0 Å². The first-order chi connectivity index (χ1) is 12.7. The summed E-state index contributed by atoms with van der Waals surface area (Å²) in [7, 11) is 0. The van der Waals surface area contributed by atoms with Crippen molar-refractivity contribution in [1.82, 2.24) is 9.55 Å². The molecule has 0 N–H and O–H groups in total. The van der Waals surface area contributed by atoms with Gasteiger partial charge in [-0.15, -0.1) is 0 Å². The average molecular weight is 363 g/mol. The molecule has 2 aromatic rings. The lowest BCUT2D eigenvalue weighted by atomic mass is 10.1. The SMILES string of the molecule is CCCCCCCCn1cc2cc(COCCCCCC)oc2nc1=O. The van der Waals surface area contributed by atoms with E-state index in [0.29, 0.717) is 12.3 Å². The maximum Gasteiger partial charge on any atom is 0.350 e. The monoisotopic (exact) mass is 362 g/mol. The molecule has 2 aromatic heterocycles. The first-order valence-electron chi connectivity index (χ1n) is 10.3. The molecule has 2 rings (SSSR count). The normalized spacial score (nSPS) is 11.5. The van der Waals surface area contributed by atoms with Crippen LogP contribution in [0.15, 0.2) is 21.5 Å². The molecule has 146 valence electrons. The summed E-state index contributed by atoms with van der Waals surface area (Å²) in [6, 6.07) is 1.94. The van der Waals surface area contributed by atoms with Gasteiger partial charge in [-0.2, -0.15) is 4.98 Å². The first-order valence-corrected chi connectivity index (χ1v) is 10.3. The predicted molar refractivity (Wildman–Crippen MR) is 105 cm³/mol. The summed E-state index contributed by atoms with van der Waals surface area (Å²) in [5.74, 6) is 0.736. The number of fused-ring (bicyclic) bond motifs is 1. The van der Waals surface area contributed by atoms with Crippen molar-refractivity contribution in [2.75, 3.05) is 6.61 Å². The number of furan rings is 1. The van der Waals surface area contributed by atoms with Crippen LogP contribution < -0.4 is 5.69 Å². The molecule has 0 saturated carbocycles. The van der Waals surface area contributed by atoms with E-state index in [1.807, 2.05) is 12.3 Å². The van der Waals surface area contributed by atoms with E-state index in [1.165, 1.54) is 44.9 Å². The predicted octanol–water partition coefficient (Wildman–Crippen LogP) is 5.45. The van der Waals surface area contributed by atoms with Crippen LogP contribution in [0.5, 0.6) is 0 Å². The van der Waals surface area contributed by atoms with Crippen molar-refractivity contribution in [3.05, 3.63) is 28.5 Å². The molecule has 0 unspecified atom stereocenters. The molecular weight excluding hydrogens is 328 g/mol. The minimum Gasteiger partial charge on any atom is -0.440 e. The lowest BCUT2D eigenvalue weighted by Gasteiger charge is -2.04. The second kappa shape index (κ2) is 11.9. The van der Waals surface area contributed by atoms with Crippen molar-refractivity contribution < 1.29 is 9.15 Å². The lowest BCUT2D eigenvalue weighted by molar-refractivity contribution is 0.103. The summed E-state index contributed by atoms with van der Waals surface area (Å²) in [6.07, 6.45) is 13.9. The Morgan fingerprint density at radius 1 is 1.00 bits per heavy atom. The highest BCUT2D eigenvalue weighted by Gasteiger charge is 2.08. The van der Waals surface area contributed by atoms with E-state index in [1.54, 1.807) is 4.57 Å². The van der Waals surface area contributed by atoms with Crippen molar-refractivity contribution in [3.63, 3.8) is 0 Å². The Hall–Kier alpha value is -1.62. The fourth-order valence-corrected chi connectivity index (χ4v) is 3.10. The van der Waals surface area contributed by atoms with Gasteiger partial charge in [-0.3, -0.25) is 4.57 Å². The van der Waals surface area contributed by atoms with Gasteiger partial charge in [0.05, 0.1) is 5.39 Å². The van der Waals surface area contributed by atoms with Crippen molar-refractivity contribution in [2.24, 2.45) is 0 Å². The fourth-order valence-electron chi connectivity index (χ4n) is 3.10. The number of aryl methyl sites for hydroxylation is 1. The highest BCUT2D eigenvalue weighted by atomic mass is 16.5. The molecule has 5 heteroatoms. The third-order valence-electron chi connectivity index (χ3n) is 4.67. The number of aromatic nitrogens is 2. The van der Waals surface area contributed by atoms with Gasteiger partial charge in [0.1, 0.15) is 12.4 Å². The quantitative estimate of drug-likeness (QED) is 0.419. The molecule has 0 aliphatic rings. The smallest absolute Gasteiger partial charge is 0.350 e. The van der Waals surface area contributed by atoms with E-state index in [-0.39, 0.29) is 5.69 Å². The van der Waals surface area contributed by atoms with E-state index in [2.05, 4.69) is 18.8 Å². The summed E-state index contributed by atoms with van der Waals surface area (Å²) >= 11 is 0. The molecule has 0 aromatic carbocycles. The van der Waals surface area contributed by atoms with Crippen molar-refractivity contribution in [1.29, 1.82) is 0 Å². The van der Waals surface area contributed by atoms with Gasteiger partial charge in [0.25, 0.3) is 0 Å². The Balaban J connectivity index is 1.82. The molecular formula is C21H34N2O3. The van der Waals surface area contributed by atoms with Gasteiger partial charge >= 0.3 is 5.69 Å². The van der Waals surface area contributed by atoms with Crippen LogP contribution in [0.3, 0.4) is 0 Å². The number of ether oxygens (including phenoxy) is 1. The minimum atomic E-state index is -0.229. The Kier molecular flexibility index (Phi) is 9.46. The van der Waals surface area contributed by atoms with Crippen LogP contribution >= 0.6 is 0 Å². The first kappa shape index (κ1) is 20.7. The lowest BCUT2D eigenvalue weighted by Crippen LogP contribution is -2.22. The van der Waals surface area contributed by atoms with E-state index in [4.69, 9.17) is 9.15 Å². The van der Waals surface area contributed by atoms with Crippen molar-refractivity contribution in [3.8, 4) is 0 Å². The van der Waals surface area contributed by atoms with Gasteiger partial charge in [0.2, 0.25) is 5.71 Å². The van der Waals surface area contributed by atoms with Gasteiger partial charge < -0.3 is 9.15 Å². The van der Waals surface area contributed by atoms with Gasteiger partial charge in [0, 0.05) is 19.3 Å². The molecule has 0 atom stereocenters. The van der Waals surface area contributed by atoms with Gasteiger partial charge in [-0.1, -0.05) is 65.2 Å². The third kappa shape index (κ3) is 6.94. The fraction of sp³-hybridized carbons (Fsp3) is 0.714. The Labute approximate surface area is 156 Å². The second-order valence-corrected chi connectivity index (χ2v) is 7.07. The molecule has 0 amide bonds. The van der Waals surface area contributed by atoms with Crippen LogP contribution in [-0.4, -0.2) is 16.2 Å². The topological polar surface area (TPSA) is 57.3 Å². The number of nitrogens with zero attached hydrogens (tertiary/aromatic N) is 2. The molecule has 26 heavy (non-hydrogen) atoms. The largest absolute Gasteiger partial charge is 0.440 e. The summed E-state index contributed by atoms with van der Waals surface area (Å²) < 4.78 is 13.0. The second-order valence-electron chi connectivity index (χ2n) is 7.07. The number of unbranched alkanes of at least 4 members (excludes halogenated alkanes) is 8. The zero-order valence-electron chi connectivity index (χ0n) is 16.5. The van der Waals surface area contributed by atoms with Crippen molar-refractivity contribution in [2.45, 2.75) is 91.2 Å². The molecule has 0 spiro atoms. The highest BCUT2D eigenvalue weighted by molar-refractivity contribution is 5.72. The van der Waals surface area contributed by atoms with E-state index < -0.39 is 0 Å². The minimum absolute atomic E-state index is 0.229. The van der Waals surface area contributed by atoms with E-state index in [9.17, 15) is 4.79 Å². The molecule has 2 heterocycles. The molecule has 0 fully saturated rings. The number of rotatable bonds is 14. The van der Waals surface area contributed by atoms with Gasteiger partial charge in [-0.05, 0) is 18.9 Å². The molecule has 0 radical (unpaired) electrons. The standard InChI is InChI=1S/C21H34N2O3/c1-3-5-7-9-10-11-13-23-16-18-15-19(26-20(18)22-21(23)24)17-25-14-12-8-6-4-2/h15-16H,3-14,17H2,1-2H3. The third-order valence-corrected chi connectivity index (χ3v) is 4.67. The Morgan fingerprint density at radius 3 is 2.46 bits per heavy atom. The molecule has 0 saturated heterocycles. The van der Waals surface area contributed by atoms with Crippen LogP contribution in [0.1, 0.15) is 83.8 Å². The van der Waals surface area contributed by atoms with Crippen LogP contribution in [0.2, 0.25) is 0 Å². The van der Waals surface area contributed by atoms with E-state index in [0.717, 1.165) is 43.6 Å². The average Bonchev–Trinajstić information content (AvgIpc) is 3.02. The van der Waals surface area contributed by atoms with Crippen LogP contribution in [0.25, 0.3) is 11.1 Å². The Bertz CT molecular complexity index is 690. The Morgan fingerprint density at radius 2 is 1.69 bits per heavy atom. The van der Waals surface area contributed by atoms with E-state index >= 15 is 0 Å². The maximum absolute atomic E-state index is 12.1. The maximum atomic E-state index is 12.1. The summed E-state index contributed by atoms with van der Waals surface area (Å²) in [4.78, 5) is 16.2. The summed E-state index contributed by atoms with van der Waals surface area (Å²) in [5, 5.41) is 0.875. The summed E-state index contributed by atoms with van der Waals surface area (Å²) in [6.45, 7) is 6.33. The highest BCUT2D eigenvalue weighted by Crippen LogP contribution is 2.17. The van der Waals surface area contributed by atoms with Gasteiger partial charge in [0.15, 0.2) is 0 Å². The number of hydrogen-bond acceptors (Lipinski definition) is 4. The molecule has 0 aliphatic carbocycles. The van der Waals surface area contributed by atoms with Gasteiger partial charge in [-0.25, -0.2) is 4.79 Å². The summed E-state index contributed by atoms with van der Waals surface area (Å²) in [5.41, 5.74) is 0.186. The van der Waals surface area contributed by atoms with Crippen molar-refractivity contribution >= 4 is 11.1 Å². The molecule has 5 nitrogen and oxygen atoms in total. The zero-order valence-corrected chi connectivity index (χ0v) is 16.5. The molecule has 0 aliphatic heterocycles. The zero-order chi connectivity index (χ0) is 18.6. The number of hydrogen-bond donors (Lipinski definition) is 0. The molecule has 0 bridgehead atoms. The van der Waals surface area contributed by atoms with Crippen LogP contribution in [-0.2, 0) is 17.9 Å².